The molecule has 1 atom stereocenters. The molecular weight excluding hydrogens is 263 g/mol. The predicted molar refractivity (Wildman–Crippen MR) is 66.8 cm³/mol. The van der Waals surface area contributed by atoms with E-state index in [0.29, 0.717) is 0 Å². The second kappa shape index (κ2) is 5.75. The van der Waals surface area contributed by atoms with E-state index in [1.807, 2.05) is 0 Å². The van der Waals surface area contributed by atoms with Gasteiger partial charge in [-0.3, -0.25) is 0 Å². The molecule has 2 nitrogen and oxygen atoms in total. The quantitative estimate of drug-likeness (QED) is 0.616. The number of benzene rings is 1. The van der Waals surface area contributed by atoms with E-state index in [1.165, 1.54) is 18.2 Å². The van der Waals surface area contributed by atoms with Crippen LogP contribution in [-0.2, 0) is 11.4 Å². The molecule has 0 aliphatic heterocycles. The molecule has 0 saturated carbocycles. The van der Waals surface area contributed by atoms with E-state index < -0.39 is 34.1 Å². The number of hydrogen-bond donors (Lipinski definition) is 0. The molecule has 0 spiro atoms. The van der Waals surface area contributed by atoms with Crippen LogP contribution in [0.2, 0.25) is 0 Å². The van der Waals surface area contributed by atoms with Crippen molar-refractivity contribution in [2.24, 2.45) is 4.40 Å². The number of nitrogens with zero attached hydrogens (tertiary/aromatic N) is 1. The number of halogens is 3. The number of hydrogen-bond acceptors (Lipinski definition) is 2. The van der Waals surface area contributed by atoms with Crippen LogP contribution in [0, 0.1) is 5.82 Å². The maximum Gasteiger partial charge on any atom is 0.285 e. The first-order chi connectivity index (χ1) is 8.23. The van der Waals surface area contributed by atoms with Crippen LogP contribution < -0.4 is 0 Å². The fourth-order valence-electron chi connectivity index (χ4n) is 1.10. The van der Waals surface area contributed by atoms with Crippen LogP contribution in [0.5, 0.6) is 0 Å². The molecule has 0 saturated heterocycles. The van der Waals surface area contributed by atoms with Gasteiger partial charge < -0.3 is 4.55 Å². The molecule has 0 aliphatic rings. The monoisotopic (exact) mass is 277 g/mol. The maximum atomic E-state index is 13.4. The highest BCUT2D eigenvalue weighted by Gasteiger charge is 2.30. The van der Waals surface area contributed by atoms with Crippen molar-refractivity contribution in [3.63, 3.8) is 0 Å². The topological polar surface area (TPSA) is 35.4 Å². The molecule has 0 bridgehead atoms. The van der Waals surface area contributed by atoms with Crippen molar-refractivity contribution >= 4 is 17.1 Å². The van der Waals surface area contributed by atoms with E-state index in [0.717, 1.165) is 6.07 Å². The van der Waals surface area contributed by atoms with E-state index in [9.17, 15) is 17.7 Å². The Balaban J connectivity index is 3.20. The van der Waals surface area contributed by atoms with Gasteiger partial charge in [0.2, 0.25) is 0 Å². The molecule has 1 rings (SSSR count). The lowest BCUT2D eigenvalue weighted by molar-refractivity contribution is 0.226. The second-order valence-electron chi connectivity index (χ2n) is 4.62. The first-order valence-electron chi connectivity index (χ1n) is 5.27. The first-order valence-corrected chi connectivity index (χ1v) is 6.38. The number of alkyl halides is 2. The summed E-state index contributed by atoms with van der Waals surface area (Å²) in [6.45, 7) is 4.82. The Hall–Kier alpha value is -1.01. The lowest BCUT2D eigenvalue weighted by atomic mass is 10.1. The smallest absolute Gasteiger partial charge is 0.285 e. The first kappa shape index (κ1) is 15.0. The molecule has 1 aromatic carbocycles. The summed E-state index contributed by atoms with van der Waals surface area (Å²) in [6, 6.07) is 5.08. The minimum absolute atomic E-state index is 0.315. The third kappa shape index (κ3) is 3.74. The average Bonchev–Trinajstić information content (AvgIpc) is 2.25. The van der Waals surface area contributed by atoms with Gasteiger partial charge in [-0.25, -0.2) is 13.2 Å². The highest BCUT2D eigenvalue weighted by atomic mass is 32.2. The molecule has 18 heavy (non-hydrogen) atoms. The summed E-state index contributed by atoms with van der Waals surface area (Å²) in [5.41, 5.74) is -1.09. The Morgan fingerprint density at radius 3 is 2.28 bits per heavy atom. The lowest BCUT2D eigenvalue weighted by Crippen LogP contribution is -2.28. The Bertz CT molecular complexity index is 443. The normalized spacial score (nSPS) is 15.0. The summed E-state index contributed by atoms with van der Waals surface area (Å²) in [6.07, 6.45) is -2.98. The summed E-state index contributed by atoms with van der Waals surface area (Å²) in [4.78, 5) is 0. The molecular formula is C12H14F3NOS. The third-order valence-corrected chi connectivity index (χ3v) is 3.47. The molecule has 0 aliphatic carbocycles. The van der Waals surface area contributed by atoms with E-state index in [1.54, 1.807) is 20.8 Å². The largest absolute Gasteiger partial charge is 0.591 e. The lowest BCUT2D eigenvalue weighted by Gasteiger charge is -2.19. The van der Waals surface area contributed by atoms with Crippen LogP contribution in [0.25, 0.3) is 0 Å². The fourth-order valence-corrected chi connectivity index (χ4v) is 1.73. The van der Waals surface area contributed by atoms with Crippen LogP contribution >= 0.6 is 0 Å². The van der Waals surface area contributed by atoms with Gasteiger partial charge in [-0.1, -0.05) is 16.5 Å². The second-order valence-corrected chi connectivity index (χ2v) is 6.52. The zero-order valence-corrected chi connectivity index (χ0v) is 11.1. The molecule has 1 aromatic rings. The number of rotatable bonds is 3. The van der Waals surface area contributed by atoms with Crippen LogP contribution in [0.4, 0.5) is 13.2 Å². The average molecular weight is 277 g/mol. The minimum atomic E-state index is -2.98. The van der Waals surface area contributed by atoms with Gasteiger partial charge in [0.25, 0.3) is 6.43 Å². The van der Waals surface area contributed by atoms with Crippen LogP contribution in [0.3, 0.4) is 0 Å². The summed E-state index contributed by atoms with van der Waals surface area (Å²) < 4.78 is 53.6. The Labute approximate surface area is 107 Å². The van der Waals surface area contributed by atoms with Gasteiger partial charge in [0.15, 0.2) is 5.71 Å². The van der Waals surface area contributed by atoms with Gasteiger partial charge in [0, 0.05) is 5.56 Å². The van der Waals surface area contributed by atoms with Crippen LogP contribution in [0.15, 0.2) is 28.7 Å². The van der Waals surface area contributed by atoms with Gasteiger partial charge in [0.05, 0.1) is 0 Å². The Kier molecular flexibility index (Phi) is 4.81. The molecule has 0 amide bonds. The molecule has 0 radical (unpaired) electrons. The van der Waals surface area contributed by atoms with Gasteiger partial charge >= 0.3 is 0 Å². The summed E-state index contributed by atoms with van der Waals surface area (Å²) >= 11 is -1.86. The Morgan fingerprint density at radius 2 is 1.83 bits per heavy atom. The van der Waals surface area contributed by atoms with Gasteiger partial charge in [-0.05, 0) is 32.9 Å². The van der Waals surface area contributed by atoms with Crippen molar-refractivity contribution in [1.82, 2.24) is 0 Å². The van der Waals surface area contributed by atoms with Crippen LogP contribution in [-0.4, -0.2) is 21.4 Å². The SMILES string of the molecule is CC(C)(C)[S+]([O-])/N=C(\c1ccccc1F)C(F)F. The van der Waals surface area contributed by atoms with Crippen molar-refractivity contribution in [3.05, 3.63) is 35.6 Å². The molecule has 0 N–H and O–H groups in total. The molecule has 6 heteroatoms. The Morgan fingerprint density at radius 1 is 1.28 bits per heavy atom. The third-order valence-electron chi connectivity index (χ3n) is 2.06. The predicted octanol–water partition coefficient (Wildman–Crippen LogP) is 3.34. The van der Waals surface area contributed by atoms with Crippen molar-refractivity contribution in [1.29, 1.82) is 0 Å². The van der Waals surface area contributed by atoms with E-state index >= 15 is 0 Å². The highest BCUT2D eigenvalue weighted by Crippen LogP contribution is 2.21. The maximum absolute atomic E-state index is 13.4. The van der Waals surface area contributed by atoms with Crippen molar-refractivity contribution in [2.75, 3.05) is 0 Å². The standard InChI is InChI=1S/C12H14F3NOS/c1-12(2,3)18(17)16-10(11(14)15)8-6-4-5-7-9(8)13/h4-7,11H,1-3H3/b16-10+. The summed E-state index contributed by atoms with van der Waals surface area (Å²) in [5, 5.41) is 0. The molecule has 1 unspecified atom stereocenters. The minimum Gasteiger partial charge on any atom is -0.591 e. The van der Waals surface area contributed by atoms with Crippen molar-refractivity contribution in [3.8, 4) is 0 Å². The summed E-state index contributed by atoms with van der Waals surface area (Å²) in [5.74, 6) is -0.803. The van der Waals surface area contributed by atoms with Crippen LogP contribution in [0.1, 0.15) is 26.3 Å². The van der Waals surface area contributed by atoms with Gasteiger partial charge in [-0.2, -0.15) is 0 Å². The van der Waals surface area contributed by atoms with Gasteiger partial charge in [0.1, 0.15) is 21.9 Å². The zero-order chi connectivity index (χ0) is 13.9. The molecule has 100 valence electrons. The van der Waals surface area contributed by atoms with Crippen molar-refractivity contribution in [2.45, 2.75) is 31.9 Å². The molecule has 0 aromatic heterocycles. The fraction of sp³-hybridized carbons (Fsp3) is 0.417. The van der Waals surface area contributed by atoms with Crippen molar-refractivity contribution < 1.29 is 17.7 Å². The van der Waals surface area contributed by atoms with E-state index in [2.05, 4.69) is 4.40 Å². The molecule has 0 heterocycles. The van der Waals surface area contributed by atoms with E-state index in [-0.39, 0.29) is 5.56 Å². The summed E-state index contributed by atoms with van der Waals surface area (Å²) in [7, 11) is 0. The molecule has 0 fully saturated rings. The van der Waals surface area contributed by atoms with E-state index in [4.69, 9.17) is 0 Å². The van der Waals surface area contributed by atoms with Gasteiger partial charge in [-0.15, -0.1) is 0 Å². The zero-order valence-electron chi connectivity index (χ0n) is 10.3. The highest BCUT2D eigenvalue weighted by molar-refractivity contribution is 7.91.